The number of alkyl halides is 3. The summed E-state index contributed by atoms with van der Waals surface area (Å²) in [5, 5.41) is 3.54. The number of methoxy groups -OCH3 is 1. The molecule has 0 bridgehead atoms. The minimum atomic E-state index is -4.01. The number of halogens is 3. The van der Waals surface area contributed by atoms with Crippen molar-refractivity contribution in [3.8, 4) is 0 Å². The molecule has 0 aliphatic heterocycles. The molecule has 0 spiro atoms. The van der Waals surface area contributed by atoms with Gasteiger partial charge in [0.25, 0.3) is 0 Å². The van der Waals surface area contributed by atoms with Crippen molar-refractivity contribution in [3.05, 3.63) is 0 Å². The first kappa shape index (κ1) is 15.1. The summed E-state index contributed by atoms with van der Waals surface area (Å²) in [7, 11) is 1.73. The standard InChI is InChI=1S/C14H24F3NO/c1-19-13-5-3-2-4-12(13)18-11-8-6-10(7-9-11)14(15,16)17/h10-13,18H,2-9H2,1H3. The van der Waals surface area contributed by atoms with Gasteiger partial charge < -0.3 is 10.1 Å². The van der Waals surface area contributed by atoms with Gasteiger partial charge in [0.05, 0.1) is 12.0 Å². The largest absolute Gasteiger partial charge is 0.391 e. The van der Waals surface area contributed by atoms with Crippen molar-refractivity contribution in [1.29, 1.82) is 0 Å². The second-order valence-electron chi connectivity index (χ2n) is 5.92. The third kappa shape index (κ3) is 4.09. The van der Waals surface area contributed by atoms with Crippen LogP contribution in [-0.2, 0) is 4.74 Å². The summed E-state index contributed by atoms with van der Waals surface area (Å²) in [5.41, 5.74) is 0. The minimum absolute atomic E-state index is 0.231. The smallest absolute Gasteiger partial charge is 0.380 e. The van der Waals surface area contributed by atoms with Crippen molar-refractivity contribution in [1.82, 2.24) is 5.32 Å². The van der Waals surface area contributed by atoms with Gasteiger partial charge in [0.15, 0.2) is 0 Å². The van der Waals surface area contributed by atoms with Crippen molar-refractivity contribution in [3.63, 3.8) is 0 Å². The van der Waals surface area contributed by atoms with E-state index in [4.69, 9.17) is 4.74 Å². The van der Waals surface area contributed by atoms with Crippen LogP contribution < -0.4 is 5.32 Å². The summed E-state index contributed by atoms with van der Waals surface area (Å²) in [6, 6.07) is 0.561. The molecule has 1 N–H and O–H groups in total. The molecule has 112 valence electrons. The molecule has 0 aromatic rings. The highest BCUT2D eigenvalue weighted by molar-refractivity contribution is 4.87. The third-order valence-electron chi connectivity index (χ3n) is 4.65. The van der Waals surface area contributed by atoms with Gasteiger partial charge in [0, 0.05) is 19.2 Å². The SMILES string of the molecule is COC1CCCCC1NC1CCC(C(F)(F)F)CC1. The Morgan fingerprint density at radius 3 is 2.16 bits per heavy atom. The van der Waals surface area contributed by atoms with E-state index in [9.17, 15) is 13.2 Å². The molecule has 2 saturated carbocycles. The zero-order chi connectivity index (χ0) is 13.9. The maximum Gasteiger partial charge on any atom is 0.391 e. The van der Waals surface area contributed by atoms with E-state index in [2.05, 4.69) is 5.32 Å². The Labute approximate surface area is 113 Å². The fourth-order valence-corrected chi connectivity index (χ4v) is 3.46. The molecule has 2 nitrogen and oxygen atoms in total. The van der Waals surface area contributed by atoms with Crippen molar-refractivity contribution >= 4 is 0 Å². The van der Waals surface area contributed by atoms with Crippen molar-refractivity contribution in [2.45, 2.75) is 75.7 Å². The molecule has 19 heavy (non-hydrogen) atoms. The molecule has 2 rings (SSSR count). The summed E-state index contributed by atoms with van der Waals surface area (Å²) >= 11 is 0. The number of rotatable bonds is 3. The van der Waals surface area contributed by atoms with Gasteiger partial charge in [-0.15, -0.1) is 0 Å². The highest BCUT2D eigenvalue weighted by atomic mass is 19.4. The fourth-order valence-electron chi connectivity index (χ4n) is 3.46. The lowest BCUT2D eigenvalue weighted by Gasteiger charge is -2.37. The van der Waals surface area contributed by atoms with E-state index in [0.717, 1.165) is 12.8 Å². The maximum absolute atomic E-state index is 12.6. The molecular weight excluding hydrogens is 255 g/mol. The summed E-state index contributed by atoms with van der Waals surface area (Å²) in [5.74, 6) is -1.09. The molecule has 0 aromatic heterocycles. The number of ether oxygens (including phenoxy) is 1. The Morgan fingerprint density at radius 2 is 1.58 bits per heavy atom. The lowest BCUT2D eigenvalue weighted by molar-refractivity contribution is -0.183. The van der Waals surface area contributed by atoms with E-state index in [1.165, 1.54) is 12.8 Å². The van der Waals surface area contributed by atoms with Crippen LogP contribution >= 0.6 is 0 Å². The predicted molar refractivity (Wildman–Crippen MR) is 68.0 cm³/mol. The molecule has 5 heteroatoms. The van der Waals surface area contributed by atoms with E-state index in [-0.39, 0.29) is 25.0 Å². The molecule has 2 unspecified atom stereocenters. The molecule has 0 amide bonds. The van der Waals surface area contributed by atoms with Gasteiger partial charge in [-0.05, 0) is 38.5 Å². The van der Waals surface area contributed by atoms with E-state index in [1.807, 2.05) is 0 Å². The van der Waals surface area contributed by atoms with E-state index < -0.39 is 12.1 Å². The Kier molecular flexibility index (Phi) is 5.12. The Hall–Kier alpha value is -0.290. The van der Waals surface area contributed by atoms with Crippen LogP contribution in [0.15, 0.2) is 0 Å². The Bertz CT molecular complexity index is 274. The summed E-state index contributed by atoms with van der Waals surface area (Å²) in [6.45, 7) is 0. The molecule has 2 fully saturated rings. The molecule has 2 atom stereocenters. The predicted octanol–water partition coefficient (Wildman–Crippen LogP) is 3.65. The molecule has 2 aliphatic rings. The van der Waals surface area contributed by atoms with Crippen LogP contribution in [0.2, 0.25) is 0 Å². The summed E-state index contributed by atoms with van der Waals surface area (Å²) < 4.78 is 43.3. The zero-order valence-electron chi connectivity index (χ0n) is 11.5. The van der Waals surface area contributed by atoms with Crippen LogP contribution in [0.5, 0.6) is 0 Å². The van der Waals surface area contributed by atoms with Crippen LogP contribution in [0, 0.1) is 5.92 Å². The highest BCUT2D eigenvalue weighted by Gasteiger charge is 2.41. The molecular formula is C14H24F3NO. The number of hydrogen-bond acceptors (Lipinski definition) is 2. The number of nitrogens with one attached hydrogen (secondary N) is 1. The summed E-state index contributed by atoms with van der Waals surface area (Å²) in [4.78, 5) is 0. The molecule has 2 aliphatic carbocycles. The lowest BCUT2D eigenvalue weighted by atomic mass is 9.84. The van der Waals surface area contributed by atoms with Crippen molar-refractivity contribution in [2.75, 3.05) is 7.11 Å². The van der Waals surface area contributed by atoms with E-state index in [1.54, 1.807) is 7.11 Å². The van der Waals surface area contributed by atoms with Crippen LogP contribution in [0.25, 0.3) is 0 Å². The van der Waals surface area contributed by atoms with Crippen LogP contribution in [0.3, 0.4) is 0 Å². The van der Waals surface area contributed by atoms with Crippen molar-refractivity contribution in [2.24, 2.45) is 5.92 Å². The average molecular weight is 279 g/mol. The van der Waals surface area contributed by atoms with Gasteiger partial charge in [-0.25, -0.2) is 0 Å². The third-order valence-corrected chi connectivity index (χ3v) is 4.65. The van der Waals surface area contributed by atoms with Crippen molar-refractivity contribution < 1.29 is 17.9 Å². The molecule has 0 radical (unpaired) electrons. The fraction of sp³-hybridized carbons (Fsp3) is 1.00. The van der Waals surface area contributed by atoms with Gasteiger partial charge in [-0.3, -0.25) is 0 Å². The Morgan fingerprint density at radius 1 is 0.947 bits per heavy atom. The molecule has 0 heterocycles. The van der Waals surface area contributed by atoms with E-state index >= 15 is 0 Å². The highest BCUT2D eigenvalue weighted by Crippen LogP contribution is 2.37. The molecule has 0 saturated heterocycles. The number of hydrogen-bond donors (Lipinski definition) is 1. The molecule has 0 aromatic carbocycles. The van der Waals surface area contributed by atoms with Gasteiger partial charge >= 0.3 is 6.18 Å². The average Bonchev–Trinajstić information content (AvgIpc) is 2.39. The summed E-state index contributed by atoms with van der Waals surface area (Å²) in [6.07, 6.45) is 2.56. The monoisotopic (exact) mass is 279 g/mol. The normalized spacial score (nSPS) is 37.3. The Balaban J connectivity index is 1.78. The van der Waals surface area contributed by atoms with Crippen LogP contribution in [-0.4, -0.2) is 31.5 Å². The van der Waals surface area contributed by atoms with E-state index in [0.29, 0.717) is 18.9 Å². The first-order chi connectivity index (χ1) is 9.00. The minimum Gasteiger partial charge on any atom is -0.380 e. The second-order valence-corrected chi connectivity index (χ2v) is 5.92. The van der Waals surface area contributed by atoms with Crippen LogP contribution in [0.4, 0.5) is 13.2 Å². The quantitative estimate of drug-likeness (QED) is 0.851. The zero-order valence-corrected chi connectivity index (χ0v) is 11.5. The first-order valence-electron chi connectivity index (χ1n) is 7.36. The second kappa shape index (κ2) is 6.44. The van der Waals surface area contributed by atoms with Gasteiger partial charge in [-0.1, -0.05) is 12.8 Å². The topological polar surface area (TPSA) is 21.3 Å². The maximum atomic E-state index is 12.6. The van der Waals surface area contributed by atoms with Crippen LogP contribution in [0.1, 0.15) is 51.4 Å². The van der Waals surface area contributed by atoms with Gasteiger partial charge in [-0.2, -0.15) is 13.2 Å². The first-order valence-corrected chi connectivity index (χ1v) is 7.36. The van der Waals surface area contributed by atoms with Gasteiger partial charge in [0.2, 0.25) is 0 Å². The lowest BCUT2D eigenvalue weighted by Crippen LogP contribution is -2.49. The van der Waals surface area contributed by atoms with Gasteiger partial charge in [0.1, 0.15) is 0 Å².